The zero-order valence-corrected chi connectivity index (χ0v) is 12.1. The van der Waals surface area contributed by atoms with Gasteiger partial charge >= 0.3 is 0 Å². The summed E-state index contributed by atoms with van der Waals surface area (Å²) in [5.41, 5.74) is 0. The van der Waals surface area contributed by atoms with Gasteiger partial charge < -0.3 is 17.6 Å². The van der Waals surface area contributed by atoms with E-state index in [0.717, 1.165) is 6.04 Å². The van der Waals surface area contributed by atoms with Crippen LogP contribution in [0.5, 0.6) is 0 Å². The molecule has 0 aromatic heterocycles. The average molecular weight is 258 g/mol. The van der Waals surface area contributed by atoms with Crippen molar-refractivity contribution in [3.63, 3.8) is 0 Å². The lowest BCUT2D eigenvalue weighted by atomic mass is 9.95. The number of nitrogens with zero attached hydrogens (tertiary/aromatic N) is 1. The predicted octanol–water partition coefficient (Wildman–Crippen LogP) is 3.11. The van der Waals surface area contributed by atoms with Gasteiger partial charge in [-0.15, -0.1) is 0 Å². The van der Waals surface area contributed by atoms with E-state index >= 15 is 0 Å². The van der Waals surface area contributed by atoms with Gasteiger partial charge in [0.2, 0.25) is 0 Å². The van der Waals surface area contributed by atoms with Gasteiger partial charge in [0.15, 0.2) is 0 Å². The minimum Gasteiger partial charge on any atom is -0.344 e. The maximum atomic E-state index is 3.54. The quantitative estimate of drug-likeness (QED) is 0.674. The lowest BCUT2D eigenvalue weighted by Gasteiger charge is -2.34. The highest BCUT2D eigenvalue weighted by Gasteiger charge is 2.19. The number of rotatable bonds is 1. The van der Waals surface area contributed by atoms with E-state index in [1.165, 1.54) is 84.0 Å². The Bertz CT molecular complexity index is 151. The highest BCUT2D eigenvalue weighted by molar-refractivity contribution is 4.76. The van der Waals surface area contributed by atoms with E-state index in [1.807, 2.05) is 0 Å². The van der Waals surface area contributed by atoms with Crippen molar-refractivity contribution in [2.75, 3.05) is 26.2 Å². The molecule has 1 saturated carbocycles. The van der Waals surface area contributed by atoms with Crippen LogP contribution in [-0.4, -0.2) is 37.1 Å². The minimum absolute atomic E-state index is 0. The van der Waals surface area contributed by atoms with Gasteiger partial charge in [0.25, 0.3) is 0 Å². The van der Waals surface area contributed by atoms with Gasteiger partial charge in [-0.05, 0) is 38.8 Å². The minimum atomic E-state index is 0. The third-order valence-corrected chi connectivity index (χ3v) is 4.22. The summed E-state index contributed by atoms with van der Waals surface area (Å²) in [5, 5.41) is 3.54. The molecule has 110 valence electrons. The average Bonchev–Trinajstić information content (AvgIpc) is 2.18. The third kappa shape index (κ3) is 6.14. The molecule has 0 amide bonds. The summed E-state index contributed by atoms with van der Waals surface area (Å²) in [6.45, 7) is 5.08. The highest BCUT2D eigenvalue weighted by Crippen LogP contribution is 2.21. The topological polar surface area (TPSA) is 85.3 Å². The normalized spacial score (nSPS) is 24.7. The van der Waals surface area contributed by atoms with Crippen LogP contribution in [0.15, 0.2) is 0 Å². The molecule has 0 bridgehead atoms. The third-order valence-electron chi connectivity index (χ3n) is 4.22. The first-order chi connectivity index (χ1) is 7.97. The van der Waals surface area contributed by atoms with Crippen LogP contribution in [0.4, 0.5) is 0 Å². The maximum absolute atomic E-state index is 3.54. The van der Waals surface area contributed by atoms with Crippen LogP contribution in [-0.2, 0) is 0 Å². The molecule has 0 aromatic rings. The molecule has 2 fully saturated rings. The fourth-order valence-electron chi connectivity index (χ4n) is 3.19. The van der Waals surface area contributed by atoms with Crippen molar-refractivity contribution in [2.24, 2.45) is 0 Å². The summed E-state index contributed by atoms with van der Waals surface area (Å²) in [7, 11) is 0. The largest absolute Gasteiger partial charge is 0.344 e. The van der Waals surface area contributed by atoms with Crippen LogP contribution in [0.25, 0.3) is 0 Å². The number of hydrogen-bond donors (Lipinski definition) is 3. The molecular formula is C14H34N4. The van der Waals surface area contributed by atoms with Gasteiger partial charge in [0.05, 0.1) is 0 Å². The van der Waals surface area contributed by atoms with Crippen molar-refractivity contribution in [2.45, 2.75) is 63.8 Å². The highest BCUT2D eigenvalue weighted by atomic mass is 15.2. The number of nitrogens with one attached hydrogen (secondary N) is 1. The first kappa shape index (κ1) is 17.8. The van der Waals surface area contributed by atoms with Crippen molar-refractivity contribution >= 4 is 0 Å². The smallest absolute Gasteiger partial charge is 0.0110 e. The Morgan fingerprint density at radius 1 is 0.667 bits per heavy atom. The van der Waals surface area contributed by atoms with Crippen LogP contribution in [0.2, 0.25) is 0 Å². The molecule has 0 atom stereocenters. The van der Waals surface area contributed by atoms with Crippen LogP contribution in [0.3, 0.4) is 0 Å². The molecule has 0 radical (unpaired) electrons. The van der Waals surface area contributed by atoms with Crippen molar-refractivity contribution in [3.8, 4) is 0 Å². The van der Waals surface area contributed by atoms with Crippen LogP contribution < -0.4 is 17.6 Å². The summed E-state index contributed by atoms with van der Waals surface area (Å²) in [6, 6.07) is 0.903. The Kier molecular flexibility index (Phi) is 10.6. The molecule has 0 unspecified atom stereocenters. The molecular weight excluding hydrogens is 224 g/mol. The Morgan fingerprint density at radius 2 is 1.33 bits per heavy atom. The lowest BCUT2D eigenvalue weighted by Crippen LogP contribution is -2.42. The second-order valence-corrected chi connectivity index (χ2v) is 5.49. The Hall–Kier alpha value is -0.160. The van der Waals surface area contributed by atoms with Gasteiger partial charge in [-0.3, -0.25) is 4.90 Å². The Balaban J connectivity index is 0.00000144. The SMILES string of the molecule is C1CCCC(N2CCCCNCC2)CCC1.N.N. The van der Waals surface area contributed by atoms with E-state index in [-0.39, 0.29) is 12.3 Å². The molecule has 1 aliphatic heterocycles. The van der Waals surface area contributed by atoms with E-state index in [9.17, 15) is 0 Å². The molecule has 1 heterocycles. The predicted molar refractivity (Wildman–Crippen MR) is 79.8 cm³/mol. The first-order valence-corrected chi connectivity index (χ1v) is 7.41. The van der Waals surface area contributed by atoms with Crippen LogP contribution in [0.1, 0.15) is 57.8 Å². The zero-order valence-electron chi connectivity index (χ0n) is 12.1. The molecule has 4 nitrogen and oxygen atoms in total. The number of hydrogen-bond acceptors (Lipinski definition) is 4. The van der Waals surface area contributed by atoms with Crippen molar-refractivity contribution in [1.29, 1.82) is 0 Å². The molecule has 0 aromatic carbocycles. The van der Waals surface area contributed by atoms with Gasteiger partial charge in [0.1, 0.15) is 0 Å². The molecule has 4 heteroatoms. The fraction of sp³-hybridized carbons (Fsp3) is 1.00. The standard InChI is InChI=1S/C14H28N2.2H3N/c1-2-4-8-14(9-5-3-1)16-12-7-6-10-15-11-13-16;;/h14-15H,1-13H2;2*1H3. The summed E-state index contributed by atoms with van der Waals surface area (Å²) in [5.74, 6) is 0. The fourth-order valence-corrected chi connectivity index (χ4v) is 3.19. The lowest BCUT2D eigenvalue weighted by molar-refractivity contribution is 0.157. The monoisotopic (exact) mass is 258 g/mol. The van der Waals surface area contributed by atoms with Crippen molar-refractivity contribution in [1.82, 2.24) is 22.5 Å². The van der Waals surface area contributed by atoms with Crippen molar-refractivity contribution in [3.05, 3.63) is 0 Å². The van der Waals surface area contributed by atoms with E-state index in [2.05, 4.69) is 10.2 Å². The first-order valence-electron chi connectivity index (χ1n) is 7.41. The molecule has 7 N–H and O–H groups in total. The summed E-state index contributed by atoms with van der Waals surface area (Å²) < 4.78 is 0. The maximum Gasteiger partial charge on any atom is 0.0110 e. The van der Waals surface area contributed by atoms with E-state index in [4.69, 9.17) is 0 Å². The van der Waals surface area contributed by atoms with Crippen LogP contribution in [0, 0.1) is 0 Å². The summed E-state index contributed by atoms with van der Waals surface area (Å²) >= 11 is 0. The van der Waals surface area contributed by atoms with Gasteiger partial charge in [-0.25, -0.2) is 0 Å². The molecule has 1 saturated heterocycles. The molecule has 2 rings (SSSR count). The zero-order chi connectivity index (χ0) is 11.1. The Labute approximate surface area is 113 Å². The van der Waals surface area contributed by atoms with E-state index < -0.39 is 0 Å². The molecule has 0 spiro atoms. The van der Waals surface area contributed by atoms with Gasteiger partial charge in [-0.2, -0.15) is 0 Å². The summed E-state index contributed by atoms with van der Waals surface area (Å²) in [4.78, 5) is 2.78. The summed E-state index contributed by atoms with van der Waals surface area (Å²) in [6.07, 6.45) is 13.0. The second-order valence-electron chi connectivity index (χ2n) is 5.49. The molecule has 2 aliphatic rings. The van der Waals surface area contributed by atoms with E-state index in [0.29, 0.717) is 0 Å². The molecule has 18 heavy (non-hydrogen) atoms. The second kappa shape index (κ2) is 10.7. The van der Waals surface area contributed by atoms with Crippen LogP contribution >= 0.6 is 0 Å². The van der Waals surface area contributed by atoms with E-state index in [1.54, 1.807) is 0 Å². The molecule has 1 aliphatic carbocycles. The van der Waals surface area contributed by atoms with Crippen molar-refractivity contribution < 1.29 is 0 Å². The Morgan fingerprint density at radius 3 is 2.06 bits per heavy atom. The van der Waals surface area contributed by atoms with Gasteiger partial charge in [0, 0.05) is 19.1 Å². The van der Waals surface area contributed by atoms with Gasteiger partial charge in [-0.1, -0.05) is 32.1 Å².